The lowest BCUT2D eigenvalue weighted by Crippen LogP contribution is -1.80. The van der Waals surface area contributed by atoms with Crippen LogP contribution in [0.5, 0.6) is 0 Å². The van der Waals surface area contributed by atoms with E-state index in [1.165, 1.54) is 11.3 Å². The molecule has 58 valence electrons. The highest BCUT2D eigenvalue weighted by Gasteiger charge is 2.00. The lowest BCUT2D eigenvalue weighted by atomic mass is 10.4. The third-order valence-electron chi connectivity index (χ3n) is 1.08. The minimum Gasteiger partial charge on any atom is -0.375 e. The molecule has 4 heteroatoms. The minimum absolute atomic E-state index is 0.585. The van der Waals surface area contributed by atoms with Gasteiger partial charge in [-0.15, -0.1) is 0 Å². The molecule has 0 aliphatic heterocycles. The summed E-state index contributed by atoms with van der Waals surface area (Å²) in [6.07, 6.45) is 0. The van der Waals surface area contributed by atoms with Crippen molar-refractivity contribution in [1.29, 1.82) is 0 Å². The van der Waals surface area contributed by atoms with Crippen molar-refractivity contribution in [2.45, 2.75) is 6.92 Å². The third kappa shape index (κ3) is 2.21. The zero-order valence-electron chi connectivity index (χ0n) is 6.02. The fourth-order valence-electron chi connectivity index (χ4n) is 0.647. The number of nitrogens with two attached hydrogens (primary N) is 1. The van der Waals surface area contributed by atoms with Crippen LogP contribution in [-0.2, 0) is 0 Å². The molecule has 0 bridgehead atoms. The summed E-state index contributed by atoms with van der Waals surface area (Å²) in [5.41, 5.74) is 6.40. The van der Waals surface area contributed by atoms with E-state index in [1.54, 1.807) is 0 Å². The Morgan fingerprint density at radius 3 is 2.91 bits per heavy atom. The molecule has 0 unspecified atom stereocenters. The van der Waals surface area contributed by atoms with Crippen LogP contribution in [0.15, 0.2) is 0 Å². The van der Waals surface area contributed by atoms with Gasteiger partial charge in [0.15, 0.2) is 5.13 Å². The van der Waals surface area contributed by atoms with E-state index in [0.717, 1.165) is 10.6 Å². The number of nitrogens with zero attached hydrogens (tertiary/aromatic N) is 1. The van der Waals surface area contributed by atoms with Gasteiger partial charge in [-0.1, -0.05) is 39.1 Å². The van der Waals surface area contributed by atoms with Gasteiger partial charge < -0.3 is 5.73 Å². The minimum atomic E-state index is 0.585. The zero-order valence-corrected chi connectivity index (χ0v) is 8.42. The fourth-order valence-corrected chi connectivity index (χ4v) is 1.50. The van der Waals surface area contributed by atoms with Crippen molar-refractivity contribution in [2.75, 3.05) is 11.1 Å². The summed E-state index contributed by atoms with van der Waals surface area (Å²) in [6, 6.07) is 0. The topological polar surface area (TPSA) is 38.9 Å². The summed E-state index contributed by atoms with van der Waals surface area (Å²) in [5.74, 6) is 5.86. The molecule has 1 aromatic rings. The Morgan fingerprint density at radius 2 is 2.45 bits per heavy atom. The molecule has 0 fully saturated rings. The largest absolute Gasteiger partial charge is 0.375 e. The van der Waals surface area contributed by atoms with Gasteiger partial charge in [0, 0.05) is 0 Å². The number of anilines is 1. The van der Waals surface area contributed by atoms with Crippen LogP contribution < -0.4 is 5.73 Å². The number of halogens is 1. The SMILES string of the molecule is Cc1nc(N)sc1C#CCBr. The summed E-state index contributed by atoms with van der Waals surface area (Å²) >= 11 is 4.64. The maximum absolute atomic E-state index is 5.48. The standard InChI is InChI=1S/C7H7BrN2S/c1-5-6(3-2-4-8)11-7(9)10-5/h4H2,1H3,(H2,9,10). The van der Waals surface area contributed by atoms with E-state index in [9.17, 15) is 0 Å². The Hall–Kier alpha value is -0.530. The number of thiazole rings is 1. The van der Waals surface area contributed by atoms with Gasteiger partial charge in [-0.05, 0) is 6.92 Å². The molecule has 0 radical (unpaired) electrons. The maximum atomic E-state index is 5.48. The Bertz CT molecular complexity index is 308. The maximum Gasteiger partial charge on any atom is 0.181 e. The van der Waals surface area contributed by atoms with Crippen LogP contribution in [0.4, 0.5) is 5.13 Å². The molecule has 1 heterocycles. The number of aromatic nitrogens is 1. The van der Waals surface area contributed by atoms with Gasteiger partial charge >= 0.3 is 0 Å². The number of nitrogen functional groups attached to an aromatic ring is 1. The Labute approximate surface area is 78.0 Å². The van der Waals surface area contributed by atoms with Gasteiger partial charge in [-0.2, -0.15) is 0 Å². The molecule has 0 aliphatic carbocycles. The van der Waals surface area contributed by atoms with Crippen LogP contribution in [0.1, 0.15) is 10.6 Å². The van der Waals surface area contributed by atoms with Gasteiger partial charge in [0.1, 0.15) is 4.88 Å². The second-order valence-corrected chi connectivity index (χ2v) is 3.49. The second kappa shape index (κ2) is 3.74. The molecule has 0 aromatic carbocycles. The highest BCUT2D eigenvalue weighted by atomic mass is 79.9. The van der Waals surface area contributed by atoms with Crippen molar-refractivity contribution in [1.82, 2.24) is 4.98 Å². The predicted octanol–water partition coefficient (Wildman–Crippen LogP) is 1.78. The third-order valence-corrected chi connectivity index (χ3v) is 2.26. The molecule has 0 saturated carbocycles. The number of alkyl halides is 1. The Kier molecular flexibility index (Phi) is 2.92. The van der Waals surface area contributed by atoms with Crippen molar-refractivity contribution in [3.8, 4) is 11.8 Å². The van der Waals surface area contributed by atoms with Gasteiger partial charge in [0.2, 0.25) is 0 Å². The number of aryl methyl sites for hydroxylation is 1. The summed E-state index contributed by atoms with van der Waals surface area (Å²) in [6.45, 7) is 1.91. The summed E-state index contributed by atoms with van der Waals surface area (Å²) in [5, 5.41) is 1.27. The molecule has 1 rings (SSSR count). The zero-order chi connectivity index (χ0) is 8.27. The Morgan fingerprint density at radius 1 is 1.73 bits per heavy atom. The molecule has 0 amide bonds. The first-order chi connectivity index (χ1) is 5.24. The molecule has 2 N–H and O–H groups in total. The van der Waals surface area contributed by atoms with Gasteiger partial charge in [0.05, 0.1) is 11.0 Å². The number of hydrogen-bond donors (Lipinski definition) is 1. The van der Waals surface area contributed by atoms with E-state index in [2.05, 4.69) is 32.8 Å². The van der Waals surface area contributed by atoms with Crippen LogP contribution in [-0.4, -0.2) is 10.3 Å². The summed E-state index contributed by atoms with van der Waals surface area (Å²) in [7, 11) is 0. The van der Waals surface area contributed by atoms with Crippen molar-refractivity contribution in [3.05, 3.63) is 10.6 Å². The molecule has 0 spiro atoms. The Balaban J connectivity index is 2.94. The van der Waals surface area contributed by atoms with Gasteiger partial charge in [-0.25, -0.2) is 4.98 Å². The first-order valence-electron chi connectivity index (χ1n) is 3.01. The van der Waals surface area contributed by atoms with Crippen LogP contribution in [0.3, 0.4) is 0 Å². The van der Waals surface area contributed by atoms with Gasteiger partial charge in [-0.3, -0.25) is 0 Å². The first kappa shape index (κ1) is 8.57. The smallest absolute Gasteiger partial charge is 0.181 e. The average Bonchev–Trinajstić information content (AvgIpc) is 2.26. The highest BCUT2D eigenvalue weighted by Crippen LogP contribution is 2.17. The monoisotopic (exact) mass is 230 g/mol. The van der Waals surface area contributed by atoms with E-state index >= 15 is 0 Å². The fraction of sp³-hybridized carbons (Fsp3) is 0.286. The molecule has 0 aliphatic rings. The second-order valence-electron chi connectivity index (χ2n) is 1.90. The molecular weight excluding hydrogens is 224 g/mol. The lowest BCUT2D eigenvalue weighted by Gasteiger charge is -1.79. The van der Waals surface area contributed by atoms with E-state index in [-0.39, 0.29) is 0 Å². The highest BCUT2D eigenvalue weighted by molar-refractivity contribution is 9.09. The molecule has 0 atom stereocenters. The first-order valence-corrected chi connectivity index (χ1v) is 4.95. The van der Waals surface area contributed by atoms with Crippen LogP contribution in [0.2, 0.25) is 0 Å². The molecule has 2 nitrogen and oxygen atoms in total. The lowest BCUT2D eigenvalue weighted by molar-refractivity contribution is 1.26. The van der Waals surface area contributed by atoms with E-state index in [4.69, 9.17) is 5.73 Å². The molecule has 11 heavy (non-hydrogen) atoms. The van der Waals surface area contributed by atoms with Crippen molar-refractivity contribution in [3.63, 3.8) is 0 Å². The number of rotatable bonds is 0. The molecule has 1 aromatic heterocycles. The average molecular weight is 231 g/mol. The van der Waals surface area contributed by atoms with Gasteiger partial charge in [0.25, 0.3) is 0 Å². The van der Waals surface area contributed by atoms with Crippen LogP contribution in [0.25, 0.3) is 0 Å². The predicted molar refractivity (Wildman–Crippen MR) is 51.9 cm³/mol. The van der Waals surface area contributed by atoms with E-state index in [1.807, 2.05) is 6.92 Å². The van der Waals surface area contributed by atoms with Crippen LogP contribution >= 0.6 is 27.3 Å². The molecular formula is C7H7BrN2S. The van der Waals surface area contributed by atoms with Crippen molar-refractivity contribution >= 4 is 32.4 Å². The molecule has 0 saturated heterocycles. The van der Waals surface area contributed by atoms with Crippen molar-refractivity contribution in [2.24, 2.45) is 0 Å². The van der Waals surface area contributed by atoms with E-state index in [0.29, 0.717) is 10.5 Å². The quantitative estimate of drug-likeness (QED) is 0.546. The van der Waals surface area contributed by atoms with E-state index < -0.39 is 0 Å². The summed E-state index contributed by atoms with van der Waals surface area (Å²) < 4.78 is 0. The van der Waals surface area contributed by atoms with Crippen LogP contribution in [0, 0.1) is 18.8 Å². The normalized spacial score (nSPS) is 8.91. The number of hydrogen-bond acceptors (Lipinski definition) is 3. The summed E-state index contributed by atoms with van der Waals surface area (Å²) in [4.78, 5) is 5.00. The van der Waals surface area contributed by atoms with Crippen molar-refractivity contribution < 1.29 is 0 Å².